The lowest BCUT2D eigenvalue weighted by atomic mass is 10.1. The number of hydrogen-bond acceptors (Lipinski definition) is 34. The van der Waals surface area contributed by atoms with Crippen molar-refractivity contribution in [3.63, 3.8) is 0 Å². The fourth-order valence-corrected chi connectivity index (χ4v) is 14.8. The first-order valence-corrected chi connectivity index (χ1v) is 48.3. The average molecular weight is 2090 g/mol. The molecule has 0 spiro atoms. The van der Waals surface area contributed by atoms with Crippen molar-refractivity contribution in [2.45, 2.75) is 353 Å². The number of carbonyl (C=O) groups excluding carboxylic acids is 11. The van der Waals surface area contributed by atoms with Crippen molar-refractivity contribution in [2.75, 3.05) is 105 Å². The van der Waals surface area contributed by atoms with Gasteiger partial charge < -0.3 is 109 Å². The summed E-state index contributed by atoms with van der Waals surface area (Å²) in [4.78, 5) is 146. The minimum Gasteiger partial charge on any atom is -0.467 e. The van der Waals surface area contributed by atoms with Crippen LogP contribution in [0.5, 0.6) is 0 Å². The molecule has 7 aliphatic rings. The van der Waals surface area contributed by atoms with E-state index in [4.69, 9.17) is 73.5 Å². The van der Waals surface area contributed by atoms with Gasteiger partial charge in [0.25, 0.3) is 20.2 Å². The van der Waals surface area contributed by atoms with Crippen molar-refractivity contribution in [3.8, 4) is 0 Å². The Labute approximate surface area is 821 Å². The summed E-state index contributed by atoms with van der Waals surface area (Å²) in [6.45, 7) is 42.0. The number of esters is 1. The molecule has 0 saturated carbocycles. The second-order valence-electron chi connectivity index (χ2n) is 41.4. The van der Waals surface area contributed by atoms with Crippen LogP contribution in [0.25, 0.3) is 41.8 Å². The summed E-state index contributed by atoms with van der Waals surface area (Å²) < 4.78 is 176. The summed E-state index contributed by atoms with van der Waals surface area (Å²) in [6, 6.07) is -5.57. The zero-order valence-corrected chi connectivity index (χ0v) is 86.9. The Morgan fingerprint density at radius 3 is 1.15 bits per heavy atom. The third-order valence-electron chi connectivity index (χ3n) is 18.8. The first-order chi connectivity index (χ1) is 64.4. The number of halogens is 6. The molecule has 0 aromatic carbocycles. The predicted molar refractivity (Wildman–Crippen MR) is 494 cm³/mol. The Morgan fingerprint density at radius 2 is 0.768 bits per heavy atom. The summed E-state index contributed by atoms with van der Waals surface area (Å²) in [5.74, 6) is -4.58. The highest BCUT2D eigenvalue weighted by atomic mass is 32.2. The molecule has 7 saturated heterocycles. The van der Waals surface area contributed by atoms with E-state index >= 15 is 0 Å². The lowest BCUT2D eigenvalue weighted by Crippen LogP contribution is -2.49. The van der Waals surface area contributed by atoms with Gasteiger partial charge in [0.15, 0.2) is 0 Å². The van der Waals surface area contributed by atoms with Gasteiger partial charge in [-0.15, -0.1) is 0 Å². The number of ether oxygens (including phenoxy) is 9. The van der Waals surface area contributed by atoms with E-state index in [9.17, 15) is 106 Å². The van der Waals surface area contributed by atoms with Crippen LogP contribution in [0, 0.1) is 0 Å². The highest BCUT2D eigenvalue weighted by molar-refractivity contribution is 7.86. The number of methoxy groups -OCH3 is 1. The molecule has 7 heterocycles. The number of likely N-dealkylation sites (tertiary alicyclic amines) is 6. The topological polar surface area (TPSA) is 693 Å². The van der Waals surface area contributed by atoms with E-state index in [1.165, 1.54) is 26.7 Å². The molecular weight excluding hydrogens is 1950 g/mol. The molecule has 0 bridgehead atoms. The highest BCUT2D eigenvalue weighted by Gasteiger charge is 2.51. The molecule has 8 N–H and O–H groups in total. The Bertz CT molecular complexity index is 4630. The number of alkyl carbamates (subject to hydrolysis) is 4. The molecule has 142 heavy (non-hydrogen) atoms. The molecule has 0 radical (unpaired) electrons. The van der Waals surface area contributed by atoms with Crippen LogP contribution in [-0.4, -0.2) is 375 Å². The summed E-state index contributed by atoms with van der Waals surface area (Å²) in [5.41, 5.74) is 28.1. The van der Waals surface area contributed by atoms with Crippen molar-refractivity contribution >= 4 is 86.8 Å². The van der Waals surface area contributed by atoms with Gasteiger partial charge in [0.05, 0.1) is 107 Å². The number of nitrogens with zero attached hydrogens (tertiary/aromatic N) is 18. The molecule has 7 fully saturated rings. The molecule has 0 aliphatic carbocycles. The van der Waals surface area contributed by atoms with Crippen LogP contribution in [0.2, 0.25) is 0 Å². The largest absolute Gasteiger partial charge is 0.471 e. The van der Waals surface area contributed by atoms with Crippen molar-refractivity contribution in [1.82, 2.24) is 56.0 Å². The van der Waals surface area contributed by atoms with E-state index in [0.29, 0.717) is 35.7 Å². The van der Waals surface area contributed by atoms with Gasteiger partial charge in [0.1, 0.15) is 50.9 Å². The highest BCUT2D eigenvalue weighted by Crippen LogP contribution is 2.33. The maximum atomic E-state index is 12.9. The maximum Gasteiger partial charge on any atom is 0.471 e. The number of aliphatic hydroxyl groups excluding tert-OH is 3. The third-order valence-corrected chi connectivity index (χ3v) is 20.0. The SMILES string of the molecule is CC(C)(C)OC(=O)N1C[C@@H](N=[N+]=[N-])C[C@H]1CN=[N+]=[N-].CC(C)(C)OC(=O)N1C[C@H](O)C[C@H]1CO.CC(C)(C)OC(=O)N1C[C@H](OS(C)(=O)=O)C[C@H]1COS(C)(=O)=O.CC(C)(C)OC(=O)NC[C@@H]1C[C@H](NC(=O)OC(C)(C)C)CN1.CC(C)(C)OC(=O)NC[C@@H]1C[C@H](NC(=O)OC(C)(C)C)CN1C(=O)C(F)(F)F.COC(=O)[C@@H]1C[C@@H](O)CN1C(=O)OC(C)(C)C.[N-]=[N+]=NC[C@@H]1C[C@H](N=[N+]=[N-])CN1C(=O)C(F)(F)F. The molecule has 814 valence electrons. The van der Waals surface area contributed by atoms with Crippen molar-refractivity contribution in [2.24, 2.45) is 20.5 Å². The van der Waals surface area contributed by atoms with Gasteiger partial charge in [-0.05, 0) is 227 Å². The van der Waals surface area contributed by atoms with Crippen molar-refractivity contribution in [1.29, 1.82) is 0 Å². The van der Waals surface area contributed by atoms with E-state index in [1.54, 1.807) is 125 Å². The van der Waals surface area contributed by atoms with Crippen molar-refractivity contribution in [3.05, 3.63) is 41.8 Å². The van der Waals surface area contributed by atoms with Gasteiger partial charge in [-0.2, -0.15) is 43.2 Å². The van der Waals surface area contributed by atoms with E-state index in [-0.39, 0.29) is 128 Å². The smallest absolute Gasteiger partial charge is 0.467 e. The number of amides is 10. The normalized spacial score (nSPS) is 22.9. The van der Waals surface area contributed by atoms with Gasteiger partial charge in [-0.1, -0.05) is 20.5 Å². The fourth-order valence-electron chi connectivity index (χ4n) is 13.8. The van der Waals surface area contributed by atoms with Gasteiger partial charge in [-0.25, -0.2) is 43.2 Å². The first-order valence-electron chi connectivity index (χ1n) is 44.7. The number of aliphatic hydroxyl groups is 3. The number of alkyl halides is 6. The zero-order chi connectivity index (χ0) is 110. The summed E-state index contributed by atoms with van der Waals surface area (Å²) in [7, 11) is -6.13. The number of nitrogens with one attached hydrogen (secondary N) is 5. The molecule has 60 heteroatoms. The second kappa shape index (κ2) is 55.2. The zero-order valence-electron chi connectivity index (χ0n) is 85.3. The third kappa shape index (κ3) is 54.5. The lowest BCUT2D eigenvalue weighted by molar-refractivity contribution is -0.186. The van der Waals surface area contributed by atoms with E-state index in [2.05, 4.69) is 71.4 Å². The van der Waals surface area contributed by atoms with Gasteiger partial charge in [0, 0.05) is 103 Å². The Kier molecular flexibility index (Phi) is 50.2. The van der Waals surface area contributed by atoms with Crippen LogP contribution < -0.4 is 26.6 Å². The second-order valence-corrected chi connectivity index (χ2v) is 44.6. The van der Waals surface area contributed by atoms with Crippen molar-refractivity contribution < 1.29 is 162 Å². The van der Waals surface area contributed by atoms with Crippen LogP contribution in [0.3, 0.4) is 0 Å². The van der Waals surface area contributed by atoms with Crippen LogP contribution in [0.4, 0.5) is 64.7 Å². The molecular formula is C82H143F6N23O29S2. The molecule has 52 nitrogen and oxygen atoms in total. The Morgan fingerprint density at radius 1 is 0.408 bits per heavy atom. The van der Waals surface area contributed by atoms with Crippen LogP contribution in [0.15, 0.2) is 20.5 Å². The van der Waals surface area contributed by atoms with Gasteiger partial charge >= 0.3 is 78.9 Å². The molecule has 7 rings (SSSR count). The molecule has 7 aliphatic heterocycles. The number of carbonyl (C=O) groups is 11. The van der Waals surface area contributed by atoms with E-state index < -0.39 is 198 Å². The first kappa shape index (κ1) is 129. The summed E-state index contributed by atoms with van der Waals surface area (Å²) >= 11 is 0. The standard InChI is InChI=1S/C17H28F3N3O5.C15H29N3O4.C12H23NO8S2.C11H19NO5.C10H17N7O2.C10H19NO4.C7H8F3N7O/c1-15(2,3)27-13(25)21-8-11-7-10(22-14(26)28-16(4,5)6)9-23(11)12(24)17(18,19)20;1-14(2,3)21-12(19)17-8-10-7-11(9-16-10)18-13(20)22-15(4,5)6;1-12(2,3)20-11(14)13-7-10(21-23(5,17)18)6-9(13)8-19-22(4,15)16;1-11(2,3)17-10(15)12-6-7(13)5-8(12)9(14)16-4;1-10(2,3)19-9(18)17-6-7(14-16-12)4-8(17)5-13-15-11;1-10(2,3)15-9(14)11-5-8(13)4-7(11)6-12;8-7(9,10)6(18)17-3-4(14-16-12)1-5(17)2-13-15-11/h10-11H,7-9H2,1-6H3,(H,21,25)(H,22,26);10-11,16H,7-9H2,1-6H3,(H,17,19)(H,18,20);9-10H,6-8H2,1-5H3;7-8,13H,5-6H2,1-4H3;7-8H,4-6H2,1-3H3;7-8,12-13H,4-6H2,1-3H3;4-5H,1-3H2/t2*10-,11-;9-,10+;7-,8+;7-,8-;7-,8+;4-,5-/m0001000/s1. The van der Waals surface area contributed by atoms with E-state index in [0.717, 1.165) is 18.9 Å². The van der Waals surface area contributed by atoms with Crippen LogP contribution >= 0.6 is 0 Å². The number of rotatable bonds is 19. The lowest BCUT2D eigenvalue weighted by Gasteiger charge is -2.28. The number of β-amino-alcohol motifs (C(OH)–C–C–N with tert-alkyl or cyclic N) is 2. The number of azide groups is 4. The van der Waals surface area contributed by atoms with E-state index in [1.807, 2.05) is 41.5 Å². The molecule has 0 unspecified atom stereocenters. The maximum absolute atomic E-state index is 12.9. The average Bonchev–Trinajstić information content (AvgIpc) is 1.69. The molecule has 10 amide bonds. The molecule has 0 aromatic heterocycles. The number of hydrogen-bond donors (Lipinski definition) is 8. The molecule has 14 atom stereocenters. The minimum absolute atomic E-state index is 0.000265. The fraction of sp³-hybridized carbons (Fsp3) is 0.866. The minimum atomic E-state index is -5.06. The quantitative estimate of drug-likeness (QED) is 0.0113. The summed E-state index contributed by atoms with van der Waals surface area (Å²) in [6.07, 6.45) is -13.0. The van der Waals surface area contributed by atoms with Gasteiger partial charge in [0.2, 0.25) is 0 Å². The Hall–Kier alpha value is -10.9. The van der Waals surface area contributed by atoms with Crippen LogP contribution in [-0.2, 0) is 85.6 Å². The Balaban J connectivity index is 0.000000835. The monoisotopic (exact) mass is 2090 g/mol. The predicted octanol–water partition coefficient (Wildman–Crippen LogP) is 10.7. The van der Waals surface area contributed by atoms with Crippen LogP contribution in [0.1, 0.15) is 211 Å². The molecule has 0 aromatic rings. The summed E-state index contributed by atoms with van der Waals surface area (Å²) in [5, 5.41) is 55.1. The van der Waals surface area contributed by atoms with Gasteiger partial charge in [-0.3, -0.25) is 22.9 Å².